The molecule has 1 rings (SSSR count). The van der Waals surface area contributed by atoms with Crippen LogP contribution in [0, 0.1) is 5.82 Å². The molecule has 1 aromatic carbocycles. The second kappa shape index (κ2) is 7.41. The quantitative estimate of drug-likeness (QED) is 0.791. The van der Waals surface area contributed by atoms with E-state index in [-0.39, 0.29) is 11.9 Å². The molecule has 3 heteroatoms. The minimum Gasteiger partial charge on any atom is -0.329 e. The maximum atomic E-state index is 13.8. The Balaban J connectivity index is 2.85. The lowest BCUT2D eigenvalue weighted by atomic mass is 10.0. The van der Waals surface area contributed by atoms with Crippen molar-refractivity contribution in [2.24, 2.45) is 5.73 Å². The largest absolute Gasteiger partial charge is 0.329 e. The second-order valence-electron chi connectivity index (χ2n) is 4.26. The van der Waals surface area contributed by atoms with Gasteiger partial charge in [-0.2, -0.15) is 0 Å². The van der Waals surface area contributed by atoms with E-state index in [0.717, 1.165) is 25.9 Å². The summed E-state index contributed by atoms with van der Waals surface area (Å²) in [5.41, 5.74) is 6.53. The van der Waals surface area contributed by atoms with E-state index in [1.54, 1.807) is 6.07 Å². The molecule has 0 aromatic heterocycles. The number of nitrogens with two attached hydrogens (primary N) is 1. The Morgan fingerprint density at radius 2 is 2.00 bits per heavy atom. The number of benzene rings is 1. The number of hydrogen-bond donors (Lipinski definition) is 1. The van der Waals surface area contributed by atoms with Crippen LogP contribution in [-0.2, 0) is 0 Å². The zero-order valence-electron chi connectivity index (χ0n) is 10.8. The summed E-state index contributed by atoms with van der Waals surface area (Å²) in [7, 11) is 0. The summed E-state index contributed by atoms with van der Waals surface area (Å²) >= 11 is 0. The van der Waals surface area contributed by atoms with Gasteiger partial charge >= 0.3 is 0 Å². The van der Waals surface area contributed by atoms with Crippen LogP contribution < -0.4 is 5.73 Å². The van der Waals surface area contributed by atoms with Gasteiger partial charge in [-0.05, 0) is 25.6 Å². The van der Waals surface area contributed by atoms with Gasteiger partial charge in [-0.15, -0.1) is 0 Å². The molecule has 2 nitrogen and oxygen atoms in total. The predicted octanol–water partition coefficient (Wildman–Crippen LogP) is 2.95. The molecule has 17 heavy (non-hydrogen) atoms. The molecule has 96 valence electrons. The average molecular weight is 238 g/mol. The van der Waals surface area contributed by atoms with E-state index in [2.05, 4.69) is 18.7 Å². The van der Waals surface area contributed by atoms with Crippen LogP contribution in [0.3, 0.4) is 0 Å². The van der Waals surface area contributed by atoms with Crippen LogP contribution in [0.4, 0.5) is 4.39 Å². The third-order valence-electron chi connectivity index (χ3n) is 3.13. The first kappa shape index (κ1) is 14.1. The van der Waals surface area contributed by atoms with Crippen LogP contribution in [0.1, 0.15) is 38.3 Å². The summed E-state index contributed by atoms with van der Waals surface area (Å²) in [5.74, 6) is -0.155. The monoisotopic (exact) mass is 238 g/mol. The van der Waals surface area contributed by atoms with Gasteiger partial charge in [0.15, 0.2) is 0 Å². The van der Waals surface area contributed by atoms with Gasteiger partial charge in [-0.25, -0.2) is 4.39 Å². The van der Waals surface area contributed by atoms with Crippen molar-refractivity contribution in [3.63, 3.8) is 0 Å². The fraction of sp³-hybridized carbons (Fsp3) is 0.571. The van der Waals surface area contributed by atoms with Crippen LogP contribution in [0.15, 0.2) is 24.3 Å². The summed E-state index contributed by atoms with van der Waals surface area (Å²) in [6.45, 7) is 6.59. The smallest absolute Gasteiger partial charge is 0.128 e. The number of hydrogen-bond acceptors (Lipinski definition) is 2. The molecule has 0 fully saturated rings. The Kier molecular flexibility index (Phi) is 6.16. The lowest BCUT2D eigenvalue weighted by molar-refractivity contribution is 0.205. The average Bonchev–Trinajstić information content (AvgIpc) is 2.36. The highest BCUT2D eigenvalue weighted by atomic mass is 19.1. The highest BCUT2D eigenvalue weighted by Crippen LogP contribution is 2.22. The molecule has 0 bridgehead atoms. The third kappa shape index (κ3) is 3.79. The summed E-state index contributed by atoms with van der Waals surface area (Å²) in [6, 6.07) is 6.92. The number of likely N-dealkylation sites (N-methyl/N-ethyl adjacent to an activating group) is 1. The Hall–Kier alpha value is -0.930. The molecule has 1 unspecified atom stereocenters. The van der Waals surface area contributed by atoms with Crippen molar-refractivity contribution >= 4 is 0 Å². The minimum atomic E-state index is -0.155. The lowest BCUT2D eigenvalue weighted by Gasteiger charge is -2.30. The molecule has 0 radical (unpaired) electrons. The molecule has 0 aliphatic rings. The number of unbranched alkanes of at least 4 members (excludes halogenated alkanes) is 1. The van der Waals surface area contributed by atoms with E-state index in [9.17, 15) is 4.39 Å². The maximum Gasteiger partial charge on any atom is 0.128 e. The molecule has 0 aliphatic carbocycles. The van der Waals surface area contributed by atoms with Gasteiger partial charge in [0, 0.05) is 18.2 Å². The van der Waals surface area contributed by atoms with Crippen molar-refractivity contribution in [1.29, 1.82) is 0 Å². The van der Waals surface area contributed by atoms with Gasteiger partial charge in [0.25, 0.3) is 0 Å². The Bertz CT molecular complexity index is 328. The van der Waals surface area contributed by atoms with Crippen molar-refractivity contribution in [1.82, 2.24) is 4.90 Å². The molecule has 2 N–H and O–H groups in total. The predicted molar refractivity (Wildman–Crippen MR) is 70.4 cm³/mol. The first-order valence-electron chi connectivity index (χ1n) is 6.43. The zero-order valence-corrected chi connectivity index (χ0v) is 10.8. The number of halogens is 1. The molecule has 0 spiro atoms. The van der Waals surface area contributed by atoms with Crippen LogP contribution in [0.25, 0.3) is 0 Å². The van der Waals surface area contributed by atoms with Gasteiger partial charge in [0.1, 0.15) is 5.82 Å². The minimum absolute atomic E-state index is 0.00671. The molecule has 0 heterocycles. The summed E-state index contributed by atoms with van der Waals surface area (Å²) in [5, 5.41) is 0. The van der Waals surface area contributed by atoms with Gasteiger partial charge in [0.2, 0.25) is 0 Å². The Morgan fingerprint density at radius 1 is 1.29 bits per heavy atom. The van der Waals surface area contributed by atoms with Crippen LogP contribution in [0.2, 0.25) is 0 Å². The molecule has 0 amide bonds. The van der Waals surface area contributed by atoms with E-state index >= 15 is 0 Å². The van der Waals surface area contributed by atoms with E-state index in [1.807, 2.05) is 12.1 Å². The highest BCUT2D eigenvalue weighted by Gasteiger charge is 2.19. The van der Waals surface area contributed by atoms with E-state index in [0.29, 0.717) is 12.1 Å². The molecule has 0 saturated heterocycles. The normalized spacial score (nSPS) is 13.0. The standard InChI is InChI=1S/C14H23FN2/c1-3-5-10-17(4-2)14(11-16)12-8-6-7-9-13(12)15/h6-9,14H,3-5,10-11,16H2,1-2H3. The molecule has 1 aromatic rings. The van der Waals surface area contributed by atoms with Gasteiger partial charge in [-0.1, -0.05) is 38.5 Å². The summed E-state index contributed by atoms with van der Waals surface area (Å²) < 4.78 is 13.8. The first-order chi connectivity index (χ1) is 8.24. The Labute approximate surface area is 104 Å². The van der Waals surface area contributed by atoms with Crippen LogP contribution in [-0.4, -0.2) is 24.5 Å². The second-order valence-corrected chi connectivity index (χ2v) is 4.26. The lowest BCUT2D eigenvalue weighted by Crippen LogP contribution is -2.35. The molecular weight excluding hydrogens is 215 g/mol. The molecule has 0 aliphatic heterocycles. The number of nitrogens with zero attached hydrogens (tertiary/aromatic N) is 1. The first-order valence-corrected chi connectivity index (χ1v) is 6.43. The molecule has 1 atom stereocenters. The Morgan fingerprint density at radius 3 is 2.53 bits per heavy atom. The zero-order chi connectivity index (χ0) is 12.7. The fourth-order valence-electron chi connectivity index (χ4n) is 2.11. The van der Waals surface area contributed by atoms with Crippen molar-refractivity contribution in [2.45, 2.75) is 32.7 Å². The van der Waals surface area contributed by atoms with Gasteiger partial charge < -0.3 is 5.73 Å². The SMILES string of the molecule is CCCCN(CC)C(CN)c1ccccc1F. The number of rotatable bonds is 7. The summed E-state index contributed by atoms with van der Waals surface area (Å²) in [4.78, 5) is 2.25. The van der Waals surface area contributed by atoms with Gasteiger partial charge in [-0.3, -0.25) is 4.90 Å². The van der Waals surface area contributed by atoms with E-state index < -0.39 is 0 Å². The fourth-order valence-corrected chi connectivity index (χ4v) is 2.11. The molecular formula is C14H23FN2. The van der Waals surface area contributed by atoms with Crippen LogP contribution >= 0.6 is 0 Å². The van der Waals surface area contributed by atoms with Crippen molar-refractivity contribution < 1.29 is 4.39 Å². The topological polar surface area (TPSA) is 29.3 Å². The highest BCUT2D eigenvalue weighted by molar-refractivity contribution is 5.21. The third-order valence-corrected chi connectivity index (χ3v) is 3.13. The summed E-state index contributed by atoms with van der Waals surface area (Å²) in [6.07, 6.45) is 2.27. The van der Waals surface area contributed by atoms with E-state index in [1.165, 1.54) is 6.07 Å². The van der Waals surface area contributed by atoms with Crippen molar-refractivity contribution in [2.75, 3.05) is 19.6 Å². The van der Waals surface area contributed by atoms with Crippen molar-refractivity contribution in [3.8, 4) is 0 Å². The van der Waals surface area contributed by atoms with Crippen LogP contribution in [0.5, 0.6) is 0 Å². The molecule has 0 saturated carbocycles. The maximum absolute atomic E-state index is 13.8. The van der Waals surface area contributed by atoms with Crippen molar-refractivity contribution in [3.05, 3.63) is 35.6 Å². The van der Waals surface area contributed by atoms with E-state index in [4.69, 9.17) is 5.73 Å². The van der Waals surface area contributed by atoms with Gasteiger partial charge in [0.05, 0.1) is 0 Å².